The molecule has 0 heterocycles. The Kier molecular flexibility index (Phi) is 7.23. The van der Waals surface area contributed by atoms with Crippen molar-refractivity contribution in [2.24, 2.45) is 4.99 Å². The molecule has 0 fully saturated rings. The average molecular weight is 291 g/mol. The molecule has 0 bridgehead atoms. The number of ether oxygens (including phenoxy) is 1. The zero-order valence-electron chi connectivity index (χ0n) is 14.0. The molecule has 21 heavy (non-hydrogen) atoms. The fraction of sp³-hybridized carbons (Fsp3) is 0.588. The van der Waals surface area contributed by atoms with Crippen molar-refractivity contribution < 1.29 is 4.74 Å². The Morgan fingerprint density at radius 2 is 1.86 bits per heavy atom. The molecule has 0 atom stereocenters. The van der Waals surface area contributed by atoms with Gasteiger partial charge in [-0.1, -0.05) is 43.7 Å². The molecule has 2 N–H and O–H groups in total. The number of nitrogens with zero attached hydrogens (tertiary/aromatic N) is 1. The highest BCUT2D eigenvalue weighted by molar-refractivity contribution is 5.79. The minimum Gasteiger partial charge on any atom is -0.385 e. The maximum Gasteiger partial charge on any atom is 0.191 e. The second-order valence-corrected chi connectivity index (χ2v) is 5.95. The summed E-state index contributed by atoms with van der Waals surface area (Å²) in [6.07, 6.45) is 0.971. The third kappa shape index (κ3) is 6.17. The Hall–Kier alpha value is -1.55. The maximum absolute atomic E-state index is 5.04. The third-order valence-electron chi connectivity index (χ3n) is 3.57. The summed E-state index contributed by atoms with van der Waals surface area (Å²) in [5, 5.41) is 6.69. The molecule has 0 saturated heterocycles. The van der Waals surface area contributed by atoms with Crippen LogP contribution in [0.1, 0.15) is 31.4 Å². The Bertz CT molecular complexity index is 438. The van der Waals surface area contributed by atoms with Crippen molar-refractivity contribution >= 4 is 5.96 Å². The predicted molar refractivity (Wildman–Crippen MR) is 90.1 cm³/mol. The number of aryl methyl sites for hydroxylation is 1. The first-order chi connectivity index (χ1) is 9.99. The van der Waals surface area contributed by atoms with Crippen LogP contribution < -0.4 is 10.6 Å². The molecule has 0 aromatic heterocycles. The smallest absolute Gasteiger partial charge is 0.191 e. The van der Waals surface area contributed by atoms with Crippen LogP contribution >= 0.6 is 0 Å². The lowest BCUT2D eigenvalue weighted by atomic mass is 9.84. The van der Waals surface area contributed by atoms with E-state index in [0.29, 0.717) is 0 Å². The summed E-state index contributed by atoms with van der Waals surface area (Å²) >= 11 is 0. The average Bonchev–Trinajstić information content (AvgIpc) is 2.47. The Morgan fingerprint density at radius 3 is 2.43 bits per heavy atom. The molecule has 0 aliphatic carbocycles. The van der Waals surface area contributed by atoms with Gasteiger partial charge >= 0.3 is 0 Å². The molecule has 1 aromatic carbocycles. The molecule has 0 amide bonds. The van der Waals surface area contributed by atoms with Crippen molar-refractivity contribution in [2.45, 2.75) is 32.6 Å². The van der Waals surface area contributed by atoms with Gasteiger partial charge in [0.2, 0.25) is 0 Å². The van der Waals surface area contributed by atoms with Crippen LogP contribution in [-0.4, -0.2) is 39.8 Å². The van der Waals surface area contributed by atoms with E-state index in [2.05, 4.69) is 60.7 Å². The van der Waals surface area contributed by atoms with Crippen molar-refractivity contribution in [2.75, 3.05) is 33.9 Å². The number of nitrogens with one attached hydrogen (secondary N) is 2. The molecule has 0 radical (unpaired) electrons. The van der Waals surface area contributed by atoms with Gasteiger partial charge in [-0.15, -0.1) is 0 Å². The van der Waals surface area contributed by atoms with Crippen LogP contribution in [-0.2, 0) is 10.2 Å². The monoisotopic (exact) mass is 291 g/mol. The van der Waals surface area contributed by atoms with Crippen LogP contribution in [0.4, 0.5) is 0 Å². The van der Waals surface area contributed by atoms with Gasteiger partial charge in [-0.05, 0) is 18.9 Å². The summed E-state index contributed by atoms with van der Waals surface area (Å²) in [6.45, 7) is 9.05. The van der Waals surface area contributed by atoms with Crippen LogP contribution in [0, 0.1) is 6.92 Å². The quantitative estimate of drug-likeness (QED) is 0.461. The number of guanidine groups is 1. The zero-order chi connectivity index (χ0) is 15.7. The second-order valence-electron chi connectivity index (χ2n) is 5.95. The summed E-state index contributed by atoms with van der Waals surface area (Å²) in [7, 11) is 3.52. The fourth-order valence-electron chi connectivity index (χ4n) is 2.06. The maximum atomic E-state index is 5.04. The molecule has 1 rings (SSSR count). The number of hydrogen-bond donors (Lipinski definition) is 2. The molecular weight excluding hydrogens is 262 g/mol. The van der Waals surface area contributed by atoms with Crippen LogP contribution in [0.5, 0.6) is 0 Å². The van der Waals surface area contributed by atoms with Crippen molar-refractivity contribution in [3.63, 3.8) is 0 Å². The lowest BCUT2D eigenvalue weighted by Gasteiger charge is -2.27. The Morgan fingerprint density at radius 1 is 1.19 bits per heavy atom. The number of benzene rings is 1. The minimum absolute atomic E-state index is 0.0534. The van der Waals surface area contributed by atoms with Crippen molar-refractivity contribution in [1.29, 1.82) is 0 Å². The molecule has 0 saturated carbocycles. The SMILES string of the molecule is CN=C(NCCCOC)NCC(C)(C)c1ccc(C)cc1. The molecule has 0 unspecified atom stereocenters. The highest BCUT2D eigenvalue weighted by Gasteiger charge is 2.20. The van der Waals surface area contributed by atoms with E-state index < -0.39 is 0 Å². The van der Waals surface area contributed by atoms with Gasteiger partial charge in [0, 0.05) is 39.3 Å². The molecule has 0 aliphatic heterocycles. The van der Waals surface area contributed by atoms with Crippen LogP contribution in [0.25, 0.3) is 0 Å². The largest absolute Gasteiger partial charge is 0.385 e. The normalized spacial score (nSPS) is 12.3. The highest BCUT2D eigenvalue weighted by atomic mass is 16.5. The van der Waals surface area contributed by atoms with Crippen LogP contribution in [0.3, 0.4) is 0 Å². The Labute approximate surface area is 129 Å². The topological polar surface area (TPSA) is 45.7 Å². The van der Waals surface area contributed by atoms with Crippen molar-refractivity contribution in [1.82, 2.24) is 10.6 Å². The van der Waals surface area contributed by atoms with Gasteiger partial charge in [0.1, 0.15) is 0 Å². The van der Waals surface area contributed by atoms with E-state index in [9.17, 15) is 0 Å². The summed E-state index contributed by atoms with van der Waals surface area (Å²) < 4.78 is 5.04. The lowest BCUT2D eigenvalue weighted by molar-refractivity contribution is 0.195. The van der Waals surface area contributed by atoms with Gasteiger partial charge in [-0.2, -0.15) is 0 Å². The fourth-order valence-corrected chi connectivity index (χ4v) is 2.06. The summed E-state index contributed by atoms with van der Waals surface area (Å²) in [4.78, 5) is 4.25. The van der Waals surface area contributed by atoms with E-state index in [1.807, 2.05) is 0 Å². The van der Waals surface area contributed by atoms with E-state index in [1.54, 1.807) is 14.2 Å². The second kappa shape index (κ2) is 8.67. The van der Waals surface area contributed by atoms with E-state index >= 15 is 0 Å². The summed E-state index contributed by atoms with van der Waals surface area (Å²) in [5.41, 5.74) is 2.67. The standard InChI is InChI=1S/C17H29N3O/c1-14-7-9-15(10-8-14)17(2,3)13-20-16(18-4)19-11-6-12-21-5/h7-10H,6,11-13H2,1-5H3,(H2,18,19,20). The minimum atomic E-state index is 0.0534. The van der Waals surface area contributed by atoms with Crippen LogP contribution in [0.2, 0.25) is 0 Å². The first-order valence-electron chi connectivity index (χ1n) is 7.50. The highest BCUT2D eigenvalue weighted by Crippen LogP contribution is 2.22. The molecule has 4 nitrogen and oxygen atoms in total. The molecule has 4 heteroatoms. The van der Waals surface area contributed by atoms with E-state index in [1.165, 1.54) is 11.1 Å². The summed E-state index contributed by atoms with van der Waals surface area (Å²) in [5.74, 6) is 0.839. The van der Waals surface area contributed by atoms with Gasteiger partial charge < -0.3 is 15.4 Å². The van der Waals surface area contributed by atoms with Gasteiger partial charge in [-0.3, -0.25) is 4.99 Å². The van der Waals surface area contributed by atoms with Crippen molar-refractivity contribution in [3.05, 3.63) is 35.4 Å². The first-order valence-corrected chi connectivity index (χ1v) is 7.50. The molecule has 0 aliphatic rings. The van der Waals surface area contributed by atoms with Gasteiger partial charge in [0.05, 0.1) is 0 Å². The predicted octanol–water partition coefficient (Wildman–Crippen LogP) is 2.47. The molecule has 118 valence electrons. The summed E-state index contributed by atoms with van der Waals surface area (Å²) in [6, 6.07) is 8.72. The van der Waals surface area contributed by atoms with E-state index in [-0.39, 0.29) is 5.41 Å². The van der Waals surface area contributed by atoms with E-state index in [4.69, 9.17) is 4.74 Å². The van der Waals surface area contributed by atoms with Gasteiger partial charge in [-0.25, -0.2) is 0 Å². The van der Waals surface area contributed by atoms with Gasteiger partial charge in [0.25, 0.3) is 0 Å². The molecule has 1 aromatic rings. The first kappa shape index (κ1) is 17.5. The number of rotatable bonds is 7. The number of methoxy groups -OCH3 is 1. The third-order valence-corrected chi connectivity index (χ3v) is 3.57. The Balaban J connectivity index is 2.49. The lowest BCUT2D eigenvalue weighted by Crippen LogP contribution is -2.43. The number of hydrogen-bond acceptors (Lipinski definition) is 2. The molecular formula is C17H29N3O. The number of aliphatic imine (C=N–C) groups is 1. The van der Waals surface area contributed by atoms with Crippen molar-refractivity contribution in [3.8, 4) is 0 Å². The van der Waals surface area contributed by atoms with E-state index in [0.717, 1.165) is 32.1 Å². The molecule has 0 spiro atoms. The zero-order valence-corrected chi connectivity index (χ0v) is 14.0. The van der Waals surface area contributed by atoms with Crippen LogP contribution in [0.15, 0.2) is 29.3 Å². The van der Waals surface area contributed by atoms with Gasteiger partial charge in [0.15, 0.2) is 5.96 Å².